The van der Waals surface area contributed by atoms with Gasteiger partial charge in [0.15, 0.2) is 5.69 Å². The van der Waals surface area contributed by atoms with Gasteiger partial charge in [-0.05, 0) is 24.3 Å². The average Bonchev–Trinajstić information content (AvgIpc) is 2.94. The number of benzene rings is 1. The van der Waals surface area contributed by atoms with Gasteiger partial charge in [-0.3, -0.25) is 4.79 Å². The Bertz CT molecular complexity index is 756. The van der Waals surface area contributed by atoms with Crippen LogP contribution in [0.4, 0.5) is 0 Å². The lowest BCUT2D eigenvalue weighted by atomic mass is 10.1. The maximum absolute atomic E-state index is 11.8. The molecule has 0 atom stereocenters. The van der Waals surface area contributed by atoms with Crippen LogP contribution in [0.2, 0.25) is 0 Å². The number of aromatic carboxylic acids is 1. The van der Waals surface area contributed by atoms with Crippen LogP contribution in [0, 0.1) is 11.3 Å². The number of carboxylic acid groups (broad SMARTS) is 1. The highest BCUT2D eigenvalue weighted by Gasteiger charge is 2.14. The SMILES string of the molecule is CN(C)C(=O)c1ccn(-c2ccc(C(=O)O)cc2C#N)n1. The molecule has 0 bridgehead atoms. The highest BCUT2D eigenvalue weighted by Crippen LogP contribution is 2.16. The Balaban J connectivity index is 2.46. The molecule has 0 aliphatic heterocycles. The number of hydrogen-bond acceptors (Lipinski definition) is 4. The maximum atomic E-state index is 11.8. The zero-order valence-electron chi connectivity index (χ0n) is 11.4. The van der Waals surface area contributed by atoms with E-state index in [0.29, 0.717) is 5.69 Å². The number of nitriles is 1. The van der Waals surface area contributed by atoms with Crippen LogP contribution in [-0.4, -0.2) is 45.8 Å². The predicted octanol–water partition coefficient (Wildman–Crippen LogP) is 1.14. The summed E-state index contributed by atoms with van der Waals surface area (Å²) in [6.07, 6.45) is 1.55. The van der Waals surface area contributed by atoms with Crippen molar-refractivity contribution in [3.8, 4) is 11.8 Å². The minimum absolute atomic E-state index is 0.0204. The second-order valence-corrected chi connectivity index (χ2v) is 4.49. The van der Waals surface area contributed by atoms with E-state index in [-0.39, 0.29) is 22.7 Å². The molecule has 1 N–H and O–H groups in total. The maximum Gasteiger partial charge on any atom is 0.335 e. The second kappa shape index (κ2) is 5.46. The van der Waals surface area contributed by atoms with Crippen molar-refractivity contribution in [2.24, 2.45) is 0 Å². The van der Waals surface area contributed by atoms with Crippen molar-refractivity contribution < 1.29 is 14.7 Å². The van der Waals surface area contributed by atoms with Gasteiger partial charge in [-0.15, -0.1) is 0 Å². The number of aromatic nitrogens is 2. The van der Waals surface area contributed by atoms with Crippen LogP contribution in [0.1, 0.15) is 26.4 Å². The summed E-state index contributed by atoms with van der Waals surface area (Å²) in [6.45, 7) is 0. The van der Waals surface area contributed by atoms with Gasteiger partial charge in [0.1, 0.15) is 6.07 Å². The van der Waals surface area contributed by atoms with Gasteiger partial charge in [-0.25, -0.2) is 9.48 Å². The molecule has 0 fully saturated rings. The summed E-state index contributed by atoms with van der Waals surface area (Å²) < 4.78 is 1.38. The van der Waals surface area contributed by atoms with E-state index in [1.807, 2.05) is 6.07 Å². The standard InChI is InChI=1S/C14H12N4O3/c1-17(2)13(19)11-5-6-18(16-11)12-4-3-9(14(20)21)7-10(12)8-15/h3-7H,1-2H3,(H,20,21). The molecular weight excluding hydrogens is 272 g/mol. The summed E-state index contributed by atoms with van der Waals surface area (Å²) >= 11 is 0. The average molecular weight is 284 g/mol. The van der Waals surface area contributed by atoms with Gasteiger partial charge in [0, 0.05) is 20.3 Å². The number of carbonyl (C=O) groups is 2. The molecule has 1 aromatic carbocycles. The Labute approximate surface area is 120 Å². The van der Waals surface area contributed by atoms with Gasteiger partial charge in [0.05, 0.1) is 16.8 Å². The van der Waals surface area contributed by atoms with Crippen molar-refractivity contribution in [2.45, 2.75) is 0 Å². The van der Waals surface area contributed by atoms with Crippen molar-refractivity contribution in [1.82, 2.24) is 14.7 Å². The molecule has 1 amide bonds. The first-order valence-electron chi connectivity index (χ1n) is 5.99. The minimum atomic E-state index is -1.11. The molecule has 0 aliphatic carbocycles. The smallest absolute Gasteiger partial charge is 0.335 e. The molecule has 2 rings (SSSR count). The molecule has 0 aliphatic rings. The minimum Gasteiger partial charge on any atom is -0.478 e. The van der Waals surface area contributed by atoms with E-state index in [9.17, 15) is 9.59 Å². The van der Waals surface area contributed by atoms with Gasteiger partial charge in [0.25, 0.3) is 5.91 Å². The van der Waals surface area contributed by atoms with E-state index in [0.717, 1.165) is 0 Å². The fourth-order valence-corrected chi connectivity index (χ4v) is 1.76. The largest absolute Gasteiger partial charge is 0.478 e. The first-order chi connectivity index (χ1) is 9.93. The number of amides is 1. The number of hydrogen-bond donors (Lipinski definition) is 1. The van der Waals surface area contributed by atoms with Crippen LogP contribution < -0.4 is 0 Å². The van der Waals surface area contributed by atoms with Gasteiger partial charge in [0.2, 0.25) is 0 Å². The molecule has 0 saturated carbocycles. The van der Waals surface area contributed by atoms with Crippen molar-refractivity contribution >= 4 is 11.9 Å². The molecule has 0 saturated heterocycles. The van der Waals surface area contributed by atoms with Crippen LogP contribution in [0.3, 0.4) is 0 Å². The molecule has 0 radical (unpaired) electrons. The molecule has 7 heteroatoms. The third-order valence-electron chi connectivity index (χ3n) is 2.83. The Hall–Kier alpha value is -3.14. The molecular formula is C14H12N4O3. The first kappa shape index (κ1) is 14.3. The van der Waals surface area contributed by atoms with Crippen LogP contribution >= 0.6 is 0 Å². The summed E-state index contributed by atoms with van der Waals surface area (Å²) in [7, 11) is 3.23. The van der Waals surface area contributed by atoms with Crippen LogP contribution in [0.5, 0.6) is 0 Å². The monoisotopic (exact) mass is 284 g/mol. The van der Waals surface area contributed by atoms with E-state index >= 15 is 0 Å². The predicted molar refractivity (Wildman–Crippen MR) is 73.3 cm³/mol. The molecule has 2 aromatic rings. The third-order valence-corrected chi connectivity index (χ3v) is 2.83. The van der Waals surface area contributed by atoms with Crippen LogP contribution in [0.25, 0.3) is 5.69 Å². The third kappa shape index (κ3) is 2.74. The van der Waals surface area contributed by atoms with Crippen molar-refractivity contribution in [2.75, 3.05) is 14.1 Å². The second-order valence-electron chi connectivity index (χ2n) is 4.49. The summed E-state index contributed by atoms with van der Waals surface area (Å²) in [4.78, 5) is 24.1. The van der Waals surface area contributed by atoms with E-state index in [1.165, 1.54) is 33.8 Å². The van der Waals surface area contributed by atoms with Crippen molar-refractivity contribution in [3.05, 3.63) is 47.3 Å². The highest BCUT2D eigenvalue weighted by molar-refractivity contribution is 5.92. The Morgan fingerprint density at radius 3 is 2.62 bits per heavy atom. The van der Waals surface area contributed by atoms with Gasteiger partial charge >= 0.3 is 5.97 Å². The topological polar surface area (TPSA) is 99.2 Å². The van der Waals surface area contributed by atoms with Gasteiger partial charge in [-0.1, -0.05) is 0 Å². The number of nitrogens with zero attached hydrogens (tertiary/aromatic N) is 4. The molecule has 0 spiro atoms. The lowest BCUT2D eigenvalue weighted by Crippen LogP contribution is -2.22. The highest BCUT2D eigenvalue weighted by atomic mass is 16.4. The van der Waals surface area contributed by atoms with Crippen molar-refractivity contribution in [3.63, 3.8) is 0 Å². The molecule has 0 unspecified atom stereocenters. The lowest BCUT2D eigenvalue weighted by molar-refractivity contribution is 0.0696. The van der Waals surface area contributed by atoms with E-state index in [4.69, 9.17) is 10.4 Å². The first-order valence-corrected chi connectivity index (χ1v) is 5.99. The Morgan fingerprint density at radius 1 is 1.33 bits per heavy atom. The van der Waals surface area contributed by atoms with E-state index < -0.39 is 5.97 Å². The molecule has 7 nitrogen and oxygen atoms in total. The van der Waals surface area contributed by atoms with E-state index in [2.05, 4.69) is 5.10 Å². The summed E-state index contributed by atoms with van der Waals surface area (Å²) in [5.41, 5.74) is 0.848. The quantitative estimate of drug-likeness (QED) is 0.911. The van der Waals surface area contributed by atoms with Crippen LogP contribution in [-0.2, 0) is 0 Å². The number of carboxylic acids is 1. The normalized spacial score (nSPS) is 9.95. The fraction of sp³-hybridized carbons (Fsp3) is 0.143. The number of carbonyl (C=O) groups excluding carboxylic acids is 1. The lowest BCUT2D eigenvalue weighted by Gasteiger charge is -2.07. The molecule has 1 heterocycles. The zero-order valence-corrected chi connectivity index (χ0v) is 11.4. The molecule has 1 aromatic heterocycles. The van der Waals surface area contributed by atoms with Gasteiger partial charge < -0.3 is 10.0 Å². The fourth-order valence-electron chi connectivity index (χ4n) is 1.76. The Kier molecular flexibility index (Phi) is 3.71. The van der Waals surface area contributed by atoms with E-state index in [1.54, 1.807) is 20.3 Å². The number of rotatable bonds is 3. The zero-order chi connectivity index (χ0) is 15.6. The molecule has 21 heavy (non-hydrogen) atoms. The molecule has 106 valence electrons. The summed E-state index contributed by atoms with van der Waals surface area (Å²) in [6, 6.07) is 7.61. The summed E-state index contributed by atoms with van der Waals surface area (Å²) in [5.74, 6) is -1.36. The van der Waals surface area contributed by atoms with Gasteiger partial charge in [-0.2, -0.15) is 10.4 Å². The van der Waals surface area contributed by atoms with Crippen LogP contribution in [0.15, 0.2) is 30.5 Å². The van der Waals surface area contributed by atoms with Crippen molar-refractivity contribution in [1.29, 1.82) is 5.26 Å². The Morgan fingerprint density at radius 2 is 2.05 bits per heavy atom. The summed E-state index contributed by atoms with van der Waals surface area (Å²) in [5, 5.41) is 22.2.